The van der Waals surface area contributed by atoms with Gasteiger partial charge in [-0.1, -0.05) is 6.07 Å². The van der Waals surface area contributed by atoms with E-state index in [4.69, 9.17) is 5.73 Å². The van der Waals surface area contributed by atoms with E-state index in [1.807, 2.05) is 0 Å². The van der Waals surface area contributed by atoms with Crippen molar-refractivity contribution in [3.63, 3.8) is 0 Å². The maximum Gasteiger partial charge on any atom is 0.258 e. The van der Waals surface area contributed by atoms with Crippen LogP contribution in [0.1, 0.15) is 12.0 Å². The quantitative estimate of drug-likeness (QED) is 0.825. The Bertz CT molecular complexity index is 467. The van der Waals surface area contributed by atoms with E-state index >= 15 is 0 Å². The van der Waals surface area contributed by atoms with Gasteiger partial charge in [0, 0.05) is 24.5 Å². The zero-order valence-corrected chi connectivity index (χ0v) is 10.9. The Morgan fingerprint density at radius 3 is 2.88 bits per heavy atom. The number of thioether (sulfide) groups is 1. The molecular weight excluding hydrogens is 258 g/mol. The minimum Gasteiger partial charge on any atom is -0.326 e. The van der Waals surface area contributed by atoms with E-state index in [1.54, 1.807) is 17.8 Å². The third-order valence-electron chi connectivity index (χ3n) is 2.56. The van der Waals surface area contributed by atoms with Gasteiger partial charge in [-0.15, -0.1) is 0 Å². The van der Waals surface area contributed by atoms with Crippen molar-refractivity contribution in [1.29, 1.82) is 0 Å². The summed E-state index contributed by atoms with van der Waals surface area (Å²) in [6, 6.07) is 3.21. The van der Waals surface area contributed by atoms with Gasteiger partial charge >= 0.3 is 0 Å². The normalized spacial score (nSPS) is 20.6. The molecule has 1 saturated heterocycles. The Morgan fingerprint density at radius 2 is 2.35 bits per heavy atom. The summed E-state index contributed by atoms with van der Waals surface area (Å²) < 4.78 is 26.6. The Labute approximate surface area is 105 Å². The molecule has 0 saturated carbocycles. The highest BCUT2D eigenvalue weighted by molar-refractivity contribution is 7.99. The summed E-state index contributed by atoms with van der Waals surface area (Å²) >= 11 is 1.76. The van der Waals surface area contributed by atoms with Gasteiger partial charge in [0.05, 0.1) is 0 Å². The molecule has 3 N–H and O–H groups in total. The van der Waals surface area contributed by atoms with E-state index in [-0.39, 0.29) is 11.1 Å². The Kier molecular flexibility index (Phi) is 4.03. The monoisotopic (exact) mass is 273 g/mol. The molecule has 2 rings (SSSR count). The molecule has 1 aliphatic heterocycles. The van der Waals surface area contributed by atoms with E-state index < -0.39 is 10.0 Å². The van der Waals surface area contributed by atoms with Crippen LogP contribution in [0.3, 0.4) is 0 Å². The summed E-state index contributed by atoms with van der Waals surface area (Å²) in [5.41, 5.74) is 6.25. The number of hydrogen-bond acceptors (Lipinski definition) is 5. The molecule has 1 aromatic rings. The van der Waals surface area contributed by atoms with Gasteiger partial charge < -0.3 is 5.73 Å². The topological polar surface area (TPSA) is 85.1 Å². The molecule has 0 aromatic carbocycles. The molecule has 5 nitrogen and oxygen atoms in total. The lowest BCUT2D eigenvalue weighted by molar-refractivity contribution is 0.559. The molecule has 1 aromatic heterocycles. The smallest absolute Gasteiger partial charge is 0.258 e. The number of hydrogen-bond donors (Lipinski definition) is 2. The second kappa shape index (κ2) is 5.34. The Hall–Kier alpha value is -0.630. The third kappa shape index (κ3) is 3.19. The first-order valence-corrected chi connectivity index (χ1v) is 8.00. The number of nitrogens with one attached hydrogen (secondary N) is 1. The van der Waals surface area contributed by atoms with Crippen LogP contribution in [0.2, 0.25) is 0 Å². The molecule has 2 heterocycles. The van der Waals surface area contributed by atoms with Crippen molar-refractivity contribution in [3.8, 4) is 0 Å². The van der Waals surface area contributed by atoms with Crippen molar-refractivity contribution in [3.05, 3.63) is 23.9 Å². The number of nitrogens with zero attached hydrogens (tertiary/aromatic N) is 1. The third-order valence-corrected chi connectivity index (χ3v) is 5.16. The van der Waals surface area contributed by atoms with Crippen LogP contribution in [0.15, 0.2) is 23.4 Å². The number of sulfonamides is 1. The lowest BCUT2D eigenvalue weighted by Crippen LogP contribution is -2.35. The summed E-state index contributed by atoms with van der Waals surface area (Å²) in [6.45, 7) is 0.361. The fourth-order valence-electron chi connectivity index (χ4n) is 1.60. The molecule has 0 aliphatic carbocycles. The molecule has 1 unspecified atom stereocenters. The van der Waals surface area contributed by atoms with Gasteiger partial charge in [0.1, 0.15) is 0 Å². The summed E-state index contributed by atoms with van der Waals surface area (Å²) in [5, 5.41) is 0.0617. The average molecular weight is 273 g/mol. The molecule has 7 heteroatoms. The first-order valence-electron chi connectivity index (χ1n) is 5.37. The van der Waals surface area contributed by atoms with Gasteiger partial charge in [-0.25, -0.2) is 18.1 Å². The zero-order chi connectivity index (χ0) is 12.3. The maximum atomic E-state index is 12.0. The van der Waals surface area contributed by atoms with E-state index in [2.05, 4.69) is 9.71 Å². The highest BCUT2D eigenvalue weighted by atomic mass is 32.2. The van der Waals surface area contributed by atoms with Crippen LogP contribution >= 0.6 is 11.8 Å². The summed E-state index contributed by atoms with van der Waals surface area (Å²) in [6.07, 6.45) is 2.38. The Balaban J connectivity index is 2.12. The van der Waals surface area contributed by atoms with E-state index in [1.165, 1.54) is 12.3 Å². The van der Waals surface area contributed by atoms with Crippen molar-refractivity contribution >= 4 is 21.8 Å². The van der Waals surface area contributed by atoms with Crippen molar-refractivity contribution in [2.75, 3.05) is 11.5 Å². The van der Waals surface area contributed by atoms with Crippen molar-refractivity contribution in [1.82, 2.24) is 9.71 Å². The van der Waals surface area contributed by atoms with Crippen molar-refractivity contribution < 1.29 is 8.42 Å². The maximum absolute atomic E-state index is 12.0. The van der Waals surface area contributed by atoms with E-state index in [0.717, 1.165) is 23.5 Å². The number of pyridine rings is 1. The van der Waals surface area contributed by atoms with Gasteiger partial charge in [-0.3, -0.25) is 0 Å². The van der Waals surface area contributed by atoms with Crippen LogP contribution < -0.4 is 10.5 Å². The molecule has 1 aliphatic rings. The second-order valence-electron chi connectivity index (χ2n) is 3.89. The highest BCUT2D eigenvalue weighted by Gasteiger charge is 2.23. The van der Waals surface area contributed by atoms with Gasteiger partial charge in [0.15, 0.2) is 5.03 Å². The van der Waals surface area contributed by atoms with Crippen LogP contribution in [0, 0.1) is 0 Å². The largest absolute Gasteiger partial charge is 0.326 e. The summed E-state index contributed by atoms with van der Waals surface area (Å²) in [7, 11) is -3.48. The molecule has 0 radical (unpaired) electrons. The lowest BCUT2D eigenvalue weighted by atomic mass is 10.3. The van der Waals surface area contributed by atoms with Crippen LogP contribution in [0.5, 0.6) is 0 Å². The summed E-state index contributed by atoms with van der Waals surface area (Å²) in [4.78, 5) is 3.93. The summed E-state index contributed by atoms with van der Waals surface area (Å²) in [5.74, 6) is 1.84. The minimum absolute atomic E-state index is 0.0287. The van der Waals surface area contributed by atoms with Crippen LogP contribution in [-0.4, -0.2) is 30.9 Å². The standard InChI is InChI=1S/C10H15N3O2S2/c11-5-8-1-2-10(12-6-8)17(14,15)13-9-3-4-16-7-9/h1-2,6,9,13H,3-5,7,11H2. The first kappa shape index (κ1) is 12.8. The molecule has 0 bridgehead atoms. The SMILES string of the molecule is NCc1ccc(S(=O)(=O)NC2CCSC2)nc1. The van der Waals surface area contributed by atoms with Gasteiger partial charge in [-0.05, 0) is 23.8 Å². The van der Waals surface area contributed by atoms with E-state index in [9.17, 15) is 8.42 Å². The average Bonchev–Trinajstić information content (AvgIpc) is 2.81. The fraction of sp³-hybridized carbons (Fsp3) is 0.500. The fourth-order valence-corrected chi connectivity index (χ4v) is 4.06. The van der Waals surface area contributed by atoms with Gasteiger partial charge in [0.25, 0.3) is 10.0 Å². The zero-order valence-electron chi connectivity index (χ0n) is 9.30. The van der Waals surface area contributed by atoms with E-state index in [0.29, 0.717) is 6.54 Å². The van der Waals surface area contributed by atoms with Crippen LogP contribution in [0.25, 0.3) is 0 Å². The van der Waals surface area contributed by atoms with Crippen molar-refractivity contribution in [2.24, 2.45) is 5.73 Å². The predicted molar refractivity (Wildman–Crippen MR) is 68.2 cm³/mol. The lowest BCUT2D eigenvalue weighted by Gasteiger charge is -2.11. The Morgan fingerprint density at radius 1 is 1.53 bits per heavy atom. The van der Waals surface area contributed by atoms with Crippen LogP contribution in [0.4, 0.5) is 0 Å². The number of aromatic nitrogens is 1. The van der Waals surface area contributed by atoms with Gasteiger partial charge in [0.2, 0.25) is 0 Å². The molecule has 1 fully saturated rings. The molecule has 0 amide bonds. The van der Waals surface area contributed by atoms with Crippen LogP contribution in [-0.2, 0) is 16.6 Å². The molecule has 17 heavy (non-hydrogen) atoms. The van der Waals surface area contributed by atoms with Crippen molar-refractivity contribution in [2.45, 2.75) is 24.0 Å². The molecule has 1 atom stereocenters. The second-order valence-corrected chi connectivity index (χ2v) is 6.70. The van der Waals surface area contributed by atoms with Gasteiger partial charge in [-0.2, -0.15) is 11.8 Å². The number of rotatable bonds is 4. The predicted octanol–water partition coefficient (Wildman–Crippen LogP) is 0.324. The highest BCUT2D eigenvalue weighted by Crippen LogP contribution is 2.19. The molecule has 0 spiro atoms. The number of nitrogens with two attached hydrogens (primary N) is 1. The minimum atomic E-state index is -3.48. The first-order chi connectivity index (χ1) is 8.12. The molecule has 94 valence electrons. The molecular formula is C10H15N3O2S2.